The normalized spacial score (nSPS) is 16.5. The van der Waals surface area contributed by atoms with E-state index in [1.807, 2.05) is 31.1 Å². The van der Waals surface area contributed by atoms with Gasteiger partial charge in [0.2, 0.25) is 0 Å². The highest BCUT2D eigenvalue weighted by Gasteiger charge is 2.24. The lowest BCUT2D eigenvalue weighted by Gasteiger charge is -2.36. The van der Waals surface area contributed by atoms with Gasteiger partial charge in [-0.3, -0.25) is 4.90 Å². The van der Waals surface area contributed by atoms with Crippen LogP contribution in [-0.2, 0) is 11.3 Å². The summed E-state index contributed by atoms with van der Waals surface area (Å²) in [6.07, 6.45) is 1.76. The largest absolute Gasteiger partial charge is 0.379 e. The van der Waals surface area contributed by atoms with Gasteiger partial charge in [0.05, 0.1) is 13.2 Å². The summed E-state index contributed by atoms with van der Waals surface area (Å²) in [7, 11) is 3.89. The zero-order chi connectivity index (χ0) is 18.2. The number of morpholine rings is 1. The summed E-state index contributed by atoms with van der Waals surface area (Å²) in [5.41, 5.74) is 0.997. The van der Waals surface area contributed by atoms with Gasteiger partial charge in [0, 0.05) is 58.1 Å². The number of nitrogens with one attached hydrogen (secondary N) is 2. The average molecular weight is 349 g/mol. The van der Waals surface area contributed by atoms with E-state index in [1.54, 1.807) is 6.20 Å². The van der Waals surface area contributed by atoms with Crippen molar-refractivity contribution >= 4 is 11.8 Å². The molecule has 25 heavy (non-hydrogen) atoms. The number of aromatic nitrogens is 1. The van der Waals surface area contributed by atoms with E-state index >= 15 is 0 Å². The molecular weight excluding hydrogens is 318 g/mol. The van der Waals surface area contributed by atoms with Crippen LogP contribution in [0.3, 0.4) is 0 Å². The van der Waals surface area contributed by atoms with Crippen LogP contribution < -0.4 is 15.5 Å². The van der Waals surface area contributed by atoms with Gasteiger partial charge < -0.3 is 20.3 Å². The first-order valence-electron chi connectivity index (χ1n) is 8.93. The molecule has 2 N–H and O–H groups in total. The summed E-state index contributed by atoms with van der Waals surface area (Å²) < 4.78 is 5.42. The Hall–Kier alpha value is -1.86. The second-order valence-corrected chi connectivity index (χ2v) is 6.90. The topological polar surface area (TPSA) is 69.7 Å². The van der Waals surface area contributed by atoms with Gasteiger partial charge in [-0.2, -0.15) is 0 Å². The molecule has 0 bridgehead atoms. The van der Waals surface area contributed by atoms with Crippen LogP contribution in [0.2, 0.25) is 0 Å². The first-order chi connectivity index (χ1) is 12.0. The number of amides is 2. The molecule has 1 atom stereocenters. The standard InChI is InChI=1S/C18H31N5O2/c1-14(2)16(23-8-10-25-11-9-23)13-21-18(24)20-12-15-6-5-7-19-17(15)22(3)4/h5-7,14,16H,8-13H2,1-4H3,(H2,20,21,24). The van der Waals surface area contributed by atoms with Crippen LogP contribution in [0.15, 0.2) is 18.3 Å². The van der Waals surface area contributed by atoms with Gasteiger partial charge in [-0.05, 0) is 12.0 Å². The number of carbonyl (C=O) groups is 1. The average Bonchev–Trinajstić information content (AvgIpc) is 2.61. The Morgan fingerprint density at radius 2 is 2.04 bits per heavy atom. The van der Waals surface area contributed by atoms with Crippen LogP contribution in [0.4, 0.5) is 10.6 Å². The second-order valence-electron chi connectivity index (χ2n) is 6.90. The number of ether oxygens (including phenoxy) is 1. The van der Waals surface area contributed by atoms with E-state index in [2.05, 4.69) is 34.4 Å². The Kier molecular flexibility index (Phi) is 7.46. The van der Waals surface area contributed by atoms with Gasteiger partial charge in [0.1, 0.15) is 5.82 Å². The van der Waals surface area contributed by atoms with Crippen LogP contribution in [-0.4, -0.2) is 68.9 Å². The lowest BCUT2D eigenvalue weighted by molar-refractivity contribution is 0.00719. The Labute approximate surface area is 150 Å². The van der Waals surface area contributed by atoms with Crippen LogP contribution in [0.5, 0.6) is 0 Å². The van der Waals surface area contributed by atoms with E-state index in [0.29, 0.717) is 25.0 Å². The van der Waals surface area contributed by atoms with Crippen molar-refractivity contribution in [1.82, 2.24) is 20.5 Å². The Morgan fingerprint density at radius 1 is 1.32 bits per heavy atom. The fourth-order valence-corrected chi connectivity index (χ4v) is 3.10. The second kappa shape index (κ2) is 9.58. The molecule has 1 aliphatic rings. The number of hydrogen-bond acceptors (Lipinski definition) is 5. The number of carbonyl (C=O) groups excluding carboxylic acids is 1. The third kappa shape index (κ3) is 5.86. The van der Waals surface area contributed by atoms with Crippen LogP contribution in [0.1, 0.15) is 19.4 Å². The molecule has 1 fully saturated rings. The zero-order valence-corrected chi connectivity index (χ0v) is 15.8. The monoisotopic (exact) mass is 349 g/mol. The van der Waals surface area contributed by atoms with Gasteiger partial charge in [-0.1, -0.05) is 19.9 Å². The molecule has 2 heterocycles. The van der Waals surface area contributed by atoms with Crippen molar-refractivity contribution in [3.63, 3.8) is 0 Å². The van der Waals surface area contributed by atoms with Crippen LogP contribution in [0.25, 0.3) is 0 Å². The zero-order valence-electron chi connectivity index (χ0n) is 15.8. The summed E-state index contributed by atoms with van der Waals surface area (Å²) in [6, 6.07) is 4.04. The van der Waals surface area contributed by atoms with E-state index in [4.69, 9.17) is 4.74 Å². The van der Waals surface area contributed by atoms with Gasteiger partial charge in [-0.25, -0.2) is 9.78 Å². The van der Waals surface area contributed by atoms with E-state index in [-0.39, 0.29) is 6.03 Å². The predicted molar refractivity (Wildman–Crippen MR) is 99.8 cm³/mol. The van der Waals surface area contributed by atoms with Crippen molar-refractivity contribution in [2.45, 2.75) is 26.4 Å². The molecule has 1 saturated heterocycles. The maximum atomic E-state index is 12.2. The number of rotatable bonds is 7. The minimum atomic E-state index is -0.146. The first kappa shape index (κ1) is 19.5. The number of anilines is 1. The number of pyridine rings is 1. The van der Waals surface area contributed by atoms with Crippen LogP contribution in [0, 0.1) is 5.92 Å². The van der Waals surface area contributed by atoms with Gasteiger partial charge in [0.15, 0.2) is 0 Å². The molecule has 1 aliphatic heterocycles. The molecule has 0 saturated carbocycles. The highest BCUT2D eigenvalue weighted by molar-refractivity contribution is 5.74. The van der Waals surface area contributed by atoms with E-state index in [0.717, 1.165) is 37.7 Å². The molecule has 2 amide bonds. The quantitative estimate of drug-likeness (QED) is 0.777. The number of nitrogens with zero attached hydrogens (tertiary/aromatic N) is 3. The van der Waals surface area contributed by atoms with Crippen molar-refractivity contribution in [1.29, 1.82) is 0 Å². The Morgan fingerprint density at radius 3 is 2.68 bits per heavy atom. The highest BCUT2D eigenvalue weighted by Crippen LogP contribution is 2.14. The van der Waals surface area contributed by atoms with E-state index in [1.165, 1.54) is 0 Å². The molecule has 0 aliphatic carbocycles. The number of hydrogen-bond donors (Lipinski definition) is 2. The minimum absolute atomic E-state index is 0.146. The molecule has 140 valence electrons. The summed E-state index contributed by atoms with van der Waals surface area (Å²) in [5.74, 6) is 1.34. The first-order valence-corrected chi connectivity index (χ1v) is 8.93. The molecule has 2 rings (SSSR count). The van der Waals surface area contributed by atoms with Crippen LogP contribution >= 0.6 is 0 Å². The lowest BCUT2D eigenvalue weighted by Crippen LogP contribution is -2.52. The fourth-order valence-electron chi connectivity index (χ4n) is 3.10. The van der Waals surface area contributed by atoms with Gasteiger partial charge in [-0.15, -0.1) is 0 Å². The van der Waals surface area contributed by atoms with Crippen molar-refractivity contribution in [2.75, 3.05) is 51.8 Å². The predicted octanol–water partition coefficient (Wildman–Crippen LogP) is 1.30. The molecule has 1 unspecified atom stereocenters. The van der Waals surface area contributed by atoms with Gasteiger partial charge in [0.25, 0.3) is 0 Å². The molecule has 7 nitrogen and oxygen atoms in total. The van der Waals surface area contributed by atoms with Crippen molar-refractivity contribution < 1.29 is 9.53 Å². The fraction of sp³-hybridized carbons (Fsp3) is 0.667. The third-order valence-electron chi connectivity index (χ3n) is 4.49. The van der Waals surface area contributed by atoms with Crippen molar-refractivity contribution in [3.05, 3.63) is 23.9 Å². The lowest BCUT2D eigenvalue weighted by atomic mass is 10.0. The molecule has 1 aromatic rings. The Bertz CT molecular complexity index is 544. The summed E-state index contributed by atoms with van der Waals surface area (Å²) >= 11 is 0. The minimum Gasteiger partial charge on any atom is -0.379 e. The molecule has 0 spiro atoms. The molecule has 7 heteroatoms. The smallest absolute Gasteiger partial charge is 0.315 e. The highest BCUT2D eigenvalue weighted by atomic mass is 16.5. The van der Waals surface area contributed by atoms with E-state index in [9.17, 15) is 4.79 Å². The Balaban J connectivity index is 1.83. The number of urea groups is 1. The van der Waals surface area contributed by atoms with E-state index < -0.39 is 0 Å². The third-order valence-corrected chi connectivity index (χ3v) is 4.49. The van der Waals surface area contributed by atoms with Crippen molar-refractivity contribution in [2.24, 2.45) is 5.92 Å². The maximum absolute atomic E-state index is 12.2. The maximum Gasteiger partial charge on any atom is 0.315 e. The SMILES string of the molecule is CC(C)C(CNC(=O)NCc1cccnc1N(C)C)N1CCOCC1. The summed E-state index contributed by atoms with van der Waals surface area (Å²) in [4.78, 5) is 20.9. The summed E-state index contributed by atoms with van der Waals surface area (Å²) in [6.45, 7) is 8.86. The molecule has 0 aromatic carbocycles. The molecule has 1 aromatic heterocycles. The molecule has 0 radical (unpaired) electrons. The van der Waals surface area contributed by atoms with Crippen molar-refractivity contribution in [3.8, 4) is 0 Å². The summed E-state index contributed by atoms with van der Waals surface area (Å²) in [5, 5.41) is 5.95. The van der Waals surface area contributed by atoms with Gasteiger partial charge >= 0.3 is 6.03 Å². The molecular formula is C18H31N5O2.